The van der Waals surface area contributed by atoms with E-state index in [4.69, 9.17) is 9.47 Å². The van der Waals surface area contributed by atoms with E-state index in [9.17, 15) is 9.59 Å². The van der Waals surface area contributed by atoms with E-state index in [0.717, 1.165) is 101 Å². The zero-order valence-corrected chi connectivity index (χ0v) is 23.9. The second-order valence-electron chi connectivity index (χ2n) is 11.4. The average Bonchev–Trinajstić information content (AvgIpc) is 2.93. The van der Waals surface area contributed by atoms with Gasteiger partial charge in [-0.25, -0.2) is 9.59 Å². The van der Waals surface area contributed by atoms with Crippen molar-refractivity contribution in [3.63, 3.8) is 0 Å². The third-order valence-electron chi connectivity index (χ3n) is 8.07. The van der Waals surface area contributed by atoms with E-state index in [0.29, 0.717) is 5.57 Å². The first-order valence-corrected chi connectivity index (χ1v) is 16.0. The average molecular weight is 525 g/mol. The predicted octanol–water partition coefficient (Wildman–Crippen LogP) is 10.1. The molecule has 0 aromatic rings. The molecule has 3 rings (SSSR count). The van der Waals surface area contributed by atoms with Crippen molar-refractivity contribution in [2.45, 2.75) is 154 Å². The molecule has 4 heteroatoms. The largest absolute Gasteiger partial charge is 0.428 e. The van der Waals surface area contributed by atoms with Crippen molar-refractivity contribution >= 4 is 11.9 Å². The Morgan fingerprint density at radius 1 is 0.500 bits per heavy atom. The molecule has 0 radical (unpaired) electrons. The predicted molar refractivity (Wildman–Crippen MR) is 155 cm³/mol. The summed E-state index contributed by atoms with van der Waals surface area (Å²) in [6.07, 6.45) is 34.3. The van der Waals surface area contributed by atoms with Gasteiger partial charge in [0.05, 0.1) is 5.57 Å². The number of carbonyl (C=O) groups excluding carboxylic acids is 2. The molecule has 0 saturated carbocycles. The van der Waals surface area contributed by atoms with Crippen LogP contribution in [0.25, 0.3) is 0 Å². The van der Waals surface area contributed by atoms with Crippen molar-refractivity contribution in [2.24, 2.45) is 0 Å². The first-order valence-electron chi connectivity index (χ1n) is 16.0. The van der Waals surface area contributed by atoms with Gasteiger partial charge in [-0.1, -0.05) is 83.1 Å². The molecule has 0 unspecified atom stereocenters. The van der Waals surface area contributed by atoms with Gasteiger partial charge in [-0.2, -0.15) is 0 Å². The van der Waals surface area contributed by atoms with Crippen molar-refractivity contribution in [2.75, 3.05) is 0 Å². The number of rotatable bonds is 5. The van der Waals surface area contributed by atoms with Crippen LogP contribution in [0.3, 0.4) is 0 Å². The maximum absolute atomic E-state index is 13.6. The lowest BCUT2D eigenvalue weighted by Crippen LogP contribution is -2.14. The highest BCUT2D eigenvalue weighted by atomic mass is 16.5. The van der Waals surface area contributed by atoms with E-state index in [1.54, 1.807) is 0 Å². The number of ether oxygens (including phenoxy) is 2. The molecule has 0 spiro atoms. The number of hydrogen-bond donors (Lipinski definition) is 0. The summed E-state index contributed by atoms with van der Waals surface area (Å²) >= 11 is 0. The maximum atomic E-state index is 13.6. The summed E-state index contributed by atoms with van der Waals surface area (Å²) in [4.78, 5) is 26.8. The molecule has 0 aliphatic heterocycles. The summed E-state index contributed by atoms with van der Waals surface area (Å²) in [6, 6.07) is 0. The van der Waals surface area contributed by atoms with Gasteiger partial charge in [-0.05, 0) is 81.9 Å². The molecule has 0 aromatic carbocycles. The minimum Gasteiger partial charge on any atom is -0.428 e. The smallest absolute Gasteiger partial charge is 0.343 e. The summed E-state index contributed by atoms with van der Waals surface area (Å²) in [7, 11) is 0. The Morgan fingerprint density at radius 2 is 0.921 bits per heavy atom. The van der Waals surface area contributed by atoms with E-state index in [1.165, 1.54) is 76.7 Å². The zero-order chi connectivity index (χ0) is 26.7. The first-order chi connectivity index (χ1) is 18.7. The van der Waals surface area contributed by atoms with Crippen LogP contribution >= 0.6 is 0 Å². The number of hydrogen-bond acceptors (Lipinski definition) is 4. The molecule has 0 atom stereocenters. The van der Waals surface area contributed by atoms with Crippen LogP contribution in [0, 0.1) is 0 Å². The monoisotopic (exact) mass is 524 g/mol. The van der Waals surface area contributed by atoms with Gasteiger partial charge in [0.1, 0.15) is 11.5 Å². The molecule has 0 fully saturated rings. The molecular weight excluding hydrogens is 472 g/mol. The molecule has 3 aliphatic rings. The van der Waals surface area contributed by atoms with Gasteiger partial charge in [0.25, 0.3) is 0 Å². The molecule has 0 amide bonds. The highest BCUT2D eigenvalue weighted by molar-refractivity contribution is 6.00. The number of esters is 2. The standard InChI is InChI=1S/C34H52O4/c35-33(37-30-24-18-12-6-2-7-13-19-25-30)28-32(29-22-16-10-4-1-5-11-17-23-29)34(36)38-31-26-20-14-8-3-9-15-21-27-31/h22,24,26,28H,1-21,23,25,27H2/b29-22?,30-24?,31-26?,32-28-. The Kier molecular flexibility index (Phi) is 15.3. The zero-order valence-electron chi connectivity index (χ0n) is 23.9. The van der Waals surface area contributed by atoms with Crippen molar-refractivity contribution in [3.8, 4) is 0 Å². The van der Waals surface area contributed by atoms with Crippen LogP contribution < -0.4 is 0 Å². The van der Waals surface area contributed by atoms with Crippen molar-refractivity contribution in [3.05, 3.63) is 47.0 Å². The van der Waals surface area contributed by atoms with E-state index in [1.807, 2.05) is 0 Å². The molecule has 212 valence electrons. The summed E-state index contributed by atoms with van der Waals surface area (Å²) in [5.41, 5.74) is 1.35. The molecule has 38 heavy (non-hydrogen) atoms. The Morgan fingerprint density at radius 3 is 1.47 bits per heavy atom. The maximum Gasteiger partial charge on any atom is 0.343 e. The third kappa shape index (κ3) is 12.6. The topological polar surface area (TPSA) is 52.6 Å². The van der Waals surface area contributed by atoms with Crippen LogP contribution in [-0.2, 0) is 19.1 Å². The van der Waals surface area contributed by atoms with E-state index in [2.05, 4.69) is 18.2 Å². The van der Waals surface area contributed by atoms with Gasteiger partial charge in [-0.15, -0.1) is 0 Å². The van der Waals surface area contributed by atoms with E-state index < -0.39 is 11.9 Å². The molecule has 0 N–H and O–H groups in total. The van der Waals surface area contributed by atoms with Crippen LogP contribution in [-0.4, -0.2) is 11.9 Å². The minimum absolute atomic E-state index is 0.395. The highest BCUT2D eigenvalue weighted by Crippen LogP contribution is 2.26. The van der Waals surface area contributed by atoms with Gasteiger partial charge >= 0.3 is 11.9 Å². The van der Waals surface area contributed by atoms with Gasteiger partial charge in [-0.3, -0.25) is 0 Å². The fraction of sp³-hybridized carbons (Fsp3) is 0.706. The van der Waals surface area contributed by atoms with Crippen LogP contribution in [0.15, 0.2) is 47.0 Å². The lowest BCUT2D eigenvalue weighted by atomic mass is 9.95. The van der Waals surface area contributed by atoms with Crippen molar-refractivity contribution in [1.82, 2.24) is 0 Å². The minimum atomic E-state index is -0.446. The summed E-state index contributed by atoms with van der Waals surface area (Å²) in [5, 5.41) is 0. The van der Waals surface area contributed by atoms with Crippen LogP contribution in [0.5, 0.6) is 0 Å². The molecule has 0 heterocycles. The quantitative estimate of drug-likeness (QED) is 0.265. The lowest BCUT2D eigenvalue weighted by Gasteiger charge is -2.16. The SMILES string of the molecule is O=C(/C=C(\C(=O)OC1=CCCCCCCCC1)C1=CCCCCCCCC1)OC1=CCCCCCCCC1. The third-order valence-corrected chi connectivity index (χ3v) is 8.07. The Hall–Kier alpha value is -2.10. The first kappa shape index (κ1) is 30.4. The van der Waals surface area contributed by atoms with Gasteiger partial charge in [0.2, 0.25) is 0 Å². The van der Waals surface area contributed by atoms with Gasteiger partial charge in [0.15, 0.2) is 0 Å². The summed E-state index contributed by atoms with van der Waals surface area (Å²) in [6.45, 7) is 0. The normalized spacial score (nSPS) is 22.1. The van der Waals surface area contributed by atoms with Crippen LogP contribution in [0.2, 0.25) is 0 Å². The van der Waals surface area contributed by atoms with E-state index >= 15 is 0 Å². The molecule has 0 saturated heterocycles. The molecule has 0 aromatic heterocycles. The molecule has 3 aliphatic carbocycles. The lowest BCUT2D eigenvalue weighted by molar-refractivity contribution is -0.137. The van der Waals surface area contributed by atoms with Gasteiger partial charge in [0, 0.05) is 18.9 Å². The Bertz CT molecular complexity index is 845. The second-order valence-corrected chi connectivity index (χ2v) is 11.4. The highest BCUT2D eigenvalue weighted by Gasteiger charge is 2.21. The fourth-order valence-corrected chi connectivity index (χ4v) is 5.74. The number of allylic oxidation sites excluding steroid dienone is 5. The fourth-order valence-electron chi connectivity index (χ4n) is 5.74. The molecule has 0 bridgehead atoms. The van der Waals surface area contributed by atoms with Gasteiger partial charge < -0.3 is 9.47 Å². The molecular formula is C34H52O4. The van der Waals surface area contributed by atoms with Crippen LogP contribution in [0.1, 0.15) is 154 Å². The van der Waals surface area contributed by atoms with Crippen molar-refractivity contribution < 1.29 is 19.1 Å². The summed E-state index contributed by atoms with van der Waals surface area (Å²) < 4.78 is 11.9. The molecule has 4 nitrogen and oxygen atoms in total. The second kappa shape index (κ2) is 19.0. The Labute approximate surface area is 232 Å². The number of carbonyl (C=O) groups is 2. The summed E-state index contributed by atoms with van der Waals surface area (Å²) in [5.74, 6) is 0.689. The van der Waals surface area contributed by atoms with E-state index in [-0.39, 0.29) is 0 Å². The van der Waals surface area contributed by atoms with Crippen LogP contribution in [0.4, 0.5) is 0 Å². The Balaban J connectivity index is 1.79. The van der Waals surface area contributed by atoms with Crippen molar-refractivity contribution in [1.29, 1.82) is 0 Å².